The molecule has 2 aliphatic rings. The molecule has 1 aromatic heterocycles. The van der Waals surface area contributed by atoms with Gasteiger partial charge in [-0.1, -0.05) is 0 Å². The number of hydrogen-bond donors (Lipinski definition) is 0. The summed E-state index contributed by atoms with van der Waals surface area (Å²) in [5.41, 5.74) is -0.816. The van der Waals surface area contributed by atoms with Gasteiger partial charge in [0.05, 0.1) is 23.4 Å². The van der Waals surface area contributed by atoms with Gasteiger partial charge in [0, 0.05) is 25.0 Å². The Bertz CT molecular complexity index is 578. The van der Waals surface area contributed by atoms with Crippen molar-refractivity contribution >= 4 is 13.2 Å². The van der Waals surface area contributed by atoms with E-state index in [-0.39, 0.29) is 0 Å². The van der Waals surface area contributed by atoms with Gasteiger partial charge in [-0.2, -0.15) is 5.10 Å². The summed E-state index contributed by atoms with van der Waals surface area (Å²) in [7, 11) is -0.966. The summed E-state index contributed by atoms with van der Waals surface area (Å²) in [6.07, 6.45) is 6.83. The van der Waals surface area contributed by atoms with E-state index < -0.39 is 24.0 Å². The molecule has 3 heterocycles. The van der Waals surface area contributed by atoms with Crippen molar-refractivity contribution in [1.29, 1.82) is 0 Å². The Labute approximate surface area is 136 Å². The van der Waals surface area contributed by atoms with E-state index in [0.717, 1.165) is 26.1 Å². The lowest BCUT2D eigenvalue weighted by atomic mass is 9.87. The third-order valence-corrected chi connectivity index (χ3v) is 4.97. The van der Waals surface area contributed by atoms with Gasteiger partial charge < -0.3 is 14.0 Å². The van der Waals surface area contributed by atoms with Crippen LogP contribution in [0.25, 0.3) is 6.08 Å². The molecular formula is C16H24BFN2O3. The molecule has 2 fully saturated rings. The number of halogens is 1. The molecule has 0 aliphatic carbocycles. The zero-order chi connectivity index (χ0) is 16.7. The maximum Gasteiger partial charge on any atom is 0.525 e. The normalized spacial score (nSPS) is 25.1. The summed E-state index contributed by atoms with van der Waals surface area (Å²) in [5.74, 6) is 0. The molecule has 0 amide bonds. The van der Waals surface area contributed by atoms with Gasteiger partial charge >= 0.3 is 7.12 Å². The molecule has 0 spiro atoms. The summed E-state index contributed by atoms with van der Waals surface area (Å²) in [5, 5.41) is 4.34. The van der Waals surface area contributed by atoms with Crippen LogP contribution >= 0.6 is 0 Å². The third kappa shape index (κ3) is 3.37. The fraction of sp³-hybridized carbons (Fsp3) is 0.688. The van der Waals surface area contributed by atoms with Crippen LogP contribution in [-0.2, 0) is 14.0 Å². The topological polar surface area (TPSA) is 45.5 Å². The molecule has 0 N–H and O–H groups in total. The Balaban J connectivity index is 1.71. The lowest BCUT2D eigenvalue weighted by Crippen LogP contribution is -2.41. The van der Waals surface area contributed by atoms with Gasteiger partial charge in [-0.15, -0.1) is 0 Å². The van der Waals surface area contributed by atoms with Gasteiger partial charge in [0.15, 0.2) is 0 Å². The van der Waals surface area contributed by atoms with Crippen LogP contribution in [-0.4, -0.2) is 41.3 Å². The molecule has 126 valence electrons. The monoisotopic (exact) mass is 322 g/mol. The van der Waals surface area contributed by atoms with Crippen LogP contribution in [0.1, 0.15) is 52.1 Å². The molecule has 0 unspecified atom stereocenters. The SMILES string of the molecule is CC1(C)OB(C(F)=Cc2cnn(C3CCOCC3)c2)OC1(C)C. The number of aromatic nitrogens is 2. The third-order valence-electron chi connectivity index (χ3n) is 4.97. The van der Waals surface area contributed by atoms with Gasteiger partial charge in [-0.3, -0.25) is 4.68 Å². The highest BCUT2D eigenvalue weighted by molar-refractivity contribution is 6.54. The Hall–Kier alpha value is -1.18. The minimum atomic E-state index is -0.966. The van der Waals surface area contributed by atoms with E-state index in [1.165, 1.54) is 6.08 Å². The fourth-order valence-corrected chi connectivity index (χ4v) is 2.76. The van der Waals surface area contributed by atoms with Crippen molar-refractivity contribution in [3.05, 3.63) is 23.7 Å². The Morgan fingerprint density at radius 2 is 1.87 bits per heavy atom. The molecule has 0 atom stereocenters. The van der Waals surface area contributed by atoms with Crippen LogP contribution in [0.2, 0.25) is 0 Å². The minimum Gasteiger partial charge on any atom is -0.398 e. The van der Waals surface area contributed by atoms with E-state index >= 15 is 0 Å². The van der Waals surface area contributed by atoms with Crippen LogP contribution < -0.4 is 0 Å². The zero-order valence-corrected chi connectivity index (χ0v) is 14.2. The summed E-state index contributed by atoms with van der Waals surface area (Å²) < 4.78 is 33.2. The van der Waals surface area contributed by atoms with Crippen molar-refractivity contribution in [2.24, 2.45) is 0 Å². The van der Waals surface area contributed by atoms with Crippen LogP contribution in [0.5, 0.6) is 0 Å². The summed E-state index contributed by atoms with van der Waals surface area (Å²) in [6, 6.07) is 0.325. The van der Waals surface area contributed by atoms with Crippen molar-refractivity contribution in [1.82, 2.24) is 9.78 Å². The number of hydrogen-bond acceptors (Lipinski definition) is 4. The first-order valence-corrected chi connectivity index (χ1v) is 8.13. The maximum absolute atomic E-state index is 14.5. The van der Waals surface area contributed by atoms with E-state index in [1.54, 1.807) is 6.20 Å². The molecule has 23 heavy (non-hydrogen) atoms. The van der Waals surface area contributed by atoms with Gasteiger partial charge in [0.25, 0.3) is 0 Å². The summed E-state index contributed by atoms with van der Waals surface area (Å²) >= 11 is 0. The second-order valence-corrected chi connectivity index (χ2v) is 7.21. The predicted molar refractivity (Wildman–Crippen MR) is 86.5 cm³/mol. The average molecular weight is 322 g/mol. The van der Waals surface area contributed by atoms with Gasteiger partial charge in [-0.25, -0.2) is 4.39 Å². The lowest BCUT2D eigenvalue weighted by molar-refractivity contribution is 0.00578. The quantitative estimate of drug-likeness (QED) is 0.802. The highest BCUT2D eigenvalue weighted by Gasteiger charge is 2.53. The van der Waals surface area contributed by atoms with Crippen LogP contribution in [0, 0.1) is 0 Å². The zero-order valence-electron chi connectivity index (χ0n) is 14.2. The van der Waals surface area contributed by atoms with E-state index in [4.69, 9.17) is 14.0 Å². The van der Waals surface area contributed by atoms with Crippen molar-refractivity contribution in [3.63, 3.8) is 0 Å². The molecule has 3 rings (SSSR count). The van der Waals surface area contributed by atoms with Crippen LogP contribution in [0.15, 0.2) is 18.1 Å². The second-order valence-electron chi connectivity index (χ2n) is 7.21. The van der Waals surface area contributed by atoms with E-state index in [0.29, 0.717) is 11.6 Å². The highest BCUT2D eigenvalue weighted by atomic mass is 19.1. The summed E-state index contributed by atoms with van der Waals surface area (Å²) in [6.45, 7) is 9.12. The Morgan fingerprint density at radius 3 is 2.48 bits per heavy atom. The van der Waals surface area contributed by atoms with Crippen LogP contribution in [0.4, 0.5) is 4.39 Å². The Morgan fingerprint density at radius 1 is 1.26 bits per heavy atom. The van der Waals surface area contributed by atoms with Gasteiger partial charge in [-0.05, 0) is 46.6 Å². The average Bonchev–Trinajstić information content (AvgIpc) is 3.03. The fourth-order valence-electron chi connectivity index (χ4n) is 2.76. The van der Waals surface area contributed by atoms with Crippen molar-refractivity contribution < 1.29 is 18.4 Å². The predicted octanol–water partition coefficient (Wildman–Crippen LogP) is 3.18. The first kappa shape index (κ1) is 16.7. The molecule has 0 radical (unpaired) electrons. The number of rotatable bonds is 3. The number of nitrogens with zero attached hydrogens (tertiary/aromatic N) is 2. The molecular weight excluding hydrogens is 298 g/mol. The molecule has 1 aromatic rings. The lowest BCUT2D eigenvalue weighted by Gasteiger charge is -2.32. The Kier molecular flexibility index (Phi) is 4.38. The maximum atomic E-state index is 14.5. The molecule has 7 heteroatoms. The van der Waals surface area contributed by atoms with E-state index in [9.17, 15) is 4.39 Å². The van der Waals surface area contributed by atoms with E-state index in [1.807, 2.05) is 38.6 Å². The standard InChI is InChI=1S/C16H24BFN2O3/c1-15(2)16(3,4)23-17(22-15)14(18)9-12-10-19-20(11-12)13-5-7-21-8-6-13/h9-11,13H,5-8H2,1-4H3. The molecule has 2 saturated heterocycles. The molecule has 0 bridgehead atoms. The minimum absolute atomic E-state index is 0.325. The van der Waals surface area contributed by atoms with Crippen molar-refractivity contribution in [3.8, 4) is 0 Å². The highest BCUT2D eigenvalue weighted by Crippen LogP contribution is 2.39. The van der Waals surface area contributed by atoms with Crippen molar-refractivity contribution in [2.75, 3.05) is 13.2 Å². The molecule has 0 saturated carbocycles. The molecule has 5 nitrogen and oxygen atoms in total. The largest absolute Gasteiger partial charge is 0.525 e. The summed E-state index contributed by atoms with van der Waals surface area (Å²) in [4.78, 5) is 0. The smallest absolute Gasteiger partial charge is 0.398 e. The first-order chi connectivity index (χ1) is 10.8. The number of ether oxygens (including phenoxy) is 1. The van der Waals surface area contributed by atoms with Crippen LogP contribution in [0.3, 0.4) is 0 Å². The molecule has 0 aromatic carbocycles. The second kappa shape index (κ2) is 6.04. The van der Waals surface area contributed by atoms with Crippen molar-refractivity contribution in [2.45, 2.75) is 57.8 Å². The first-order valence-electron chi connectivity index (χ1n) is 8.13. The molecule has 2 aliphatic heterocycles. The van der Waals surface area contributed by atoms with Gasteiger partial charge in [0.2, 0.25) is 0 Å². The van der Waals surface area contributed by atoms with E-state index in [2.05, 4.69) is 5.10 Å². The van der Waals surface area contributed by atoms with Gasteiger partial charge in [0.1, 0.15) is 5.73 Å².